The van der Waals surface area contributed by atoms with Crippen LogP contribution in [0, 0.1) is 0 Å². The van der Waals surface area contributed by atoms with E-state index in [0.29, 0.717) is 22.4 Å². The molecular formula is C21H22N6O2S. The predicted molar refractivity (Wildman–Crippen MR) is 114 cm³/mol. The number of rotatable bonds is 8. The minimum Gasteiger partial charge on any atom is -0.340 e. The lowest BCUT2D eigenvalue weighted by Gasteiger charge is -2.21. The summed E-state index contributed by atoms with van der Waals surface area (Å²) in [4.78, 5) is 25.9. The first-order chi connectivity index (χ1) is 14.6. The number of hydrogen-bond acceptors (Lipinski definition) is 6. The molecule has 1 heterocycles. The van der Waals surface area contributed by atoms with Crippen LogP contribution < -0.4 is 10.6 Å². The van der Waals surface area contributed by atoms with E-state index in [1.54, 1.807) is 23.7 Å². The second kappa shape index (κ2) is 9.08. The maximum absolute atomic E-state index is 13.0. The molecule has 2 N–H and O–H groups in total. The zero-order chi connectivity index (χ0) is 20.9. The molecule has 1 aliphatic carbocycles. The van der Waals surface area contributed by atoms with Gasteiger partial charge in [-0.05, 0) is 47.9 Å². The van der Waals surface area contributed by atoms with Crippen molar-refractivity contribution in [3.05, 3.63) is 66.2 Å². The smallest absolute Gasteiger partial charge is 0.251 e. The van der Waals surface area contributed by atoms with Crippen LogP contribution in [-0.4, -0.2) is 37.3 Å². The van der Waals surface area contributed by atoms with E-state index < -0.39 is 11.3 Å². The first kappa shape index (κ1) is 20.1. The Labute approximate surface area is 178 Å². The molecule has 3 aromatic rings. The zero-order valence-corrected chi connectivity index (χ0v) is 17.2. The SMILES string of the molecule is CC(Sc1nnnn1C1CC1)C(=O)NC(C(=O)Nc1ccccc1)c1ccccc1. The highest BCUT2D eigenvalue weighted by molar-refractivity contribution is 8.00. The van der Waals surface area contributed by atoms with Crippen LogP contribution in [0.4, 0.5) is 5.69 Å². The Hall–Kier alpha value is -3.20. The normalized spacial score (nSPS) is 15.2. The van der Waals surface area contributed by atoms with E-state index in [1.807, 2.05) is 48.5 Å². The van der Waals surface area contributed by atoms with Gasteiger partial charge in [0.25, 0.3) is 5.91 Å². The fourth-order valence-corrected chi connectivity index (χ4v) is 3.83. The number of benzene rings is 2. The van der Waals surface area contributed by atoms with Crippen molar-refractivity contribution in [3.63, 3.8) is 0 Å². The molecule has 1 aliphatic rings. The van der Waals surface area contributed by atoms with Crippen LogP contribution in [0.5, 0.6) is 0 Å². The Kier molecular flexibility index (Phi) is 6.08. The van der Waals surface area contributed by atoms with Gasteiger partial charge in [0.2, 0.25) is 11.1 Å². The highest BCUT2D eigenvalue weighted by atomic mass is 32.2. The van der Waals surface area contributed by atoms with E-state index in [9.17, 15) is 9.59 Å². The Bertz CT molecular complexity index is 1010. The Balaban J connectivity index is 1.47. The molecule has 0 spiro atoms. The summed E-state index contributed by atoms with van der Waals surface area (Å²) in [5, 5.41) is 17.7. The molecule has 1 fully saturated rings. The molecule has 0 aliphatic heterocycles. The van der Waals surface area contributed by atoms with E-state index in [2.05, 4.69) is 26.2 Å². The summed E-state index contributed by atoms with van der Waals surface area (Å²) in [6.07, 6.45) is 2.10. The second-order valence-corrected chi connectivity index (χ2v) is 8.41. The number of carbonyl (C=O) groups is 2. The van der Waals surface area contributed by atoms with Crippen LogP contribution >= 0.6 is 11.8 Å². The van der Waals surface area contributed by atoms with Crippen LogP contribution in [-0.2, 0) is 9.59 Å². The fraction of sp³-hybridized carbons (Fsp3) is 0.286. The lowest BCUT2D eigenvalue weighted by Crippen LogP contribution is -2.40. The number of thioether (sulfide) groups is 1. The van der Waals surface area contributed by atoms with E-state index in [0.717, 1.165) is 12.8 Å². The summed E-state index contributed by atoms with van der Waals surface area (Å²) in [7, 11) is 0. The highest BCUT2D eigenvalue weighted by Crippen LogP contribution is 2.37. The lowest BCUT2D eigenvalue weighted by atomic mass is 10.1. The molecule has 0 radical (unpaired) electrons. The Morgan fingerprint density at radius 1 is 1.03 bits per heavy atom. The monoisotopic (exact) mass is 422 g/mol. The van der Waals surface area contributed by atoms with Gasteiger partial charge in [-0.1, -0.05) is 60.3 Å². The van der Waals surface area contributed by atoms with Crippen LogP contribution in [0.25, 0.3) is 0 Å². The standard InChI is InChI=1S/C21H22N6O2S/c1-14(30-21-24-25-26-27(21)17-12-13-17)19(28)23-18(15-8-4-2-5-9-15)20(29)22-16-10-6-3-7-11-16/h2-11,14,17-18H,12-13H2,1H3,(H,22,29)(H,23,28). The number of anilines is 1. The molecule has 0 bridgehead atoms. The first-order valence-corrected chi connectivity index (χ1v) is 10.7. The molecule has 8 nitrogen and oxygen atoms in total. The summed E-state index contributed by atoms with van der Waals surface area (Å²) in [6, 6.07) is 17.9. The van der Waals surface area contributed by atoms with Crippen LogP contribution in [0.15, 0.2) is 65.8 Å². The third-order valence-electron chi connectivity index (χ3n) is 4.73. The Morgan fingerprint density at radius 3 is 2.37 bits per heavy atom. The van der Waals surface area contributed by atoms with E-state index in [1.165, 1.54) is 11.8 Å². The topological polar surface area (TPSA) is 102 Å². The van der Waals surface area contributed by atoms with E-state index >= 15 is 0 Å². The molecule has 154 valence electrons. The van der Waals surface area contributed by atoms with E-state index in [-0.39, 0.29) is 11.8 Å². The van der Waals surface area contributed by atoms with Crippen molar-refractivity contribution in [1.82, 2.24) is 25.5 Å². The van der Waals surface area contributed by atoms with Crippen molar-refractivity contribution >= 4 is 29.3 Å². The number of nitrogens with zero attached hydrogens (tertiary/aromatic N) is 4. The summed E-state index contributed by atoms with van der Waals surface area (Å²) in [6.45, 7) is 1.78. The largest absolute Gasteiger partial charge is 0.340 e. The quantitative estimate of drug-likeness (QED) is 0.541. The van der Waals surface area contributed by atoms with Crippen molar-refractivity contribution in [3.8, 4) is 0 Å². The molecule has 1 aromatic heterocycles. The average molecular weight is 423 g/mol. The molecule has 2 amide bonds. The summed E-state index contributed by atoms with van der Waals surface area (Å²) >= 11 is 1.29. The molecule has 2 atom stereocenters. The van der Waals surface area contributed by atoms with Gasteiger partial charge in [-0.15, -0.1) is 5.10 Å². The minimum atomic E-state index is -0.818. The van der Waals surface area contributed by atoms with Crippen LogP contribution in [0.2, 0.25) is 0 Å². The number of para-hydroxylation sites is 1. The fourth-order valence-electron chi connectivity index (χ4n) is 2.96. The molecular weight excluding hydrogens is 400 g/mol. The number of amides is 2. The Morgan fingerprint density at radius 2 is 1.70 bits per heavy atom. The second-order valence-electron chi connectivity index (χ2n) is 7.10. The molecule has 2 aromatic carbocycles. The third kappa shape index (κ3) is 4.85. The number of carbonyl (C=O) groups excluding carboxylic acids is 2. The minimum absolute atomic E-state index is 0.262. The van der Waals surface area contributed by atoms with Crippen LogP contribution in [0.3, 0.4) is 0 Å². The molecule has 2 unspecified atom stereocenters. The zero-order valence-electron chi connectivity index (χ0n) is 16.4. The average Bonchev–Trinajstić information content (AvgIpc) is 3.51. The molecule has 0 saturated heterocycles. The van der Waals surface area contributed by atoms with Crippen molar-refractivity contribution < 1.29 is 9.59 Å². The summed E-state index contributed by atoms with van der Waals surface area (Å²) in [5.74, 6) is -0.567. The number of tetrazole rings is 1. The third-order valence-corrected chi connectivity index (χ3v) is 5.78. The van der Waals surface area contributed by atoms with E-state index in [4.69, 9.17) is 0 Å². The van der Waals surface area contributed by atoms with Crippen molar-refractivity contribution in [1.29, 1.82) is 0 Å². The number of aromatic nitrogens is 4. The van der Waals surface area contributed by atoms with Gasteiger partial charge in [-0.3, -0.25) is 9.59 Å². The van der Waals surface area contributed by atoms with Gasteiger partial charge < -0.3 is 10.6 Å². The molecule has 30 heavy (non-hydrogen) atoms. The van der Waals surface area contributed by atoms with Gasteiger partial charge in [0.1, 0.15) is 6.04 Å². The molecule has 4 rings (SSSR count). The first-order valence-electron chi connectivity index (χ1n) is 9.77. The number of nitrogens with one attached hydrogen (secondary N) is 2. The highest BCUT2D eigenvalue weighted by Gasteiger charge is 2.30. The maximum atomic E-state index is 13.0. The van der Waals surface area contributed by atoms with Gasteiger partial charge >= 0.3 is 0 Å². The molecule has 9 heteroatoms. The van der Waals surface area contributed by atoms with Gasteiger partial charge in [0, 0.05) is 5.69 Å². The van der Waals surface area contributed by atoms with Gasteiger partial charge in [0.05, 0.1) is 11.3 Å². The van der Waals surface area contributed by atoms with Crippen molar-refractivity contribution in [2.75, 3.05) is 5.32 Å². The summed E-state index contributed by atoms with van der Waals surface area (Å²) in [5.41, 5.74) is 1.38. The van der Waals surface area contributed by atoms with Crippen LogP contribution in [0.1, 0.15) is 37.4 Å². The van der Waals surface area contributed by atoms with Gasteiger partial charge in [0.15, 0.2) is 0 Å². The molecule has 1 saturated carbocycles. The maximum Gasteiger partial charge on any atom is 0.251 e. The van der Waals surface area contributed by atoms with Crippen molar-refractivity contribution in [2.45, 2.75) is 42.3 Å². The number of hydrogen-bond donors (Lipinski definition) is 2. The van der Waals surface area contributed by atoms with Gasteiger partial charge in [-0.25, -0.2) is 4.68 Å². The predicted octanol–water partition coefficient (Wildman–Crippen LogP) is 2.98. The lowest BCUT2D eigenvalue weighted by molar-refractivity contribution is -0.126. The van der Waals surface area contributed by atoms with Gasteiger partial charge in [-0.2, -0.15) is 0 Å². The van der Waals surface area contributed by atoms with Crippen molar-refractivity contribution in [2.24, 2.45) is 0 Å². The summed E-state index contributed by atoms with van der Waals surface area (Å²) < 4.78 is 1.77.